The van der Waals surface area contributed by atoms with E-state index in [4.69, 9.17) is 4.74 Å². The predicted octanol–water partition coefficient (Wildman–Crippen LogP) is 3.78. The number of piperidine rings is 1. The fourth-order valence-corrected chi connectivity index (χ4v) is 5.55. The van der Waals surface area contributed by atoms with Crippen LogP contribution in [0.15, 0.2) is 24.3 Å². The number of imide groups is 1. The highest BCUT2D eigenvalue weighted by atomic mass is 16.6. The Morgan fingerprint density at radius 1 is 1.23 bits per heavy atom. The monoisotopic (exact) mass is 484 g/mol. The third-order valence-corrected chi connectivity index (χ3v) is 7.33. The van der Waals surface area contributed by atoms with Gasteiger partial charge in [0.15, 0.2) is 0 Å². The van der Waals surface area contributed by atoms with Gasteiger partial charge in [0.05, 0.1) is 6.67 Å². The SMILES string of the molecule is CC(C)N(CC1CCCN(CN2C(=O)NC3(CCc4ccccc4C3)C2=O)C1)C(=O)OC(C)(C)C. The van der Waals surface area contributed by atoms with Gasteiger partial charge >= 0.3 is 12.1 Å². The Bertz CT molecular complexity index is 972. The van der Waals surface area contributed by atoms with Crippen molar-refractivity contribution in [3.63, 3.8) is 0 Å². The minimum Gasteiger partial charge on any atom is -0.444 e. The van der Waals surface area contributed by atoms with Crippen LogP contribution < -0.4 is 5.32 Å². The fraction of sp³-hybridized carbons (Fsp3) is 0.667. The number of hydrogen-bond donors (Lipinski definition) is 1. The van der Waals surface area contributed by atoms with Crippen molar-refractivity contribution in [3.8, 4) is 0 Å². The minimum atomic E-state index is -0.828. The van der Waals surface area contributed by atoms with Gasteiger partial charge in [-0.1, -0.05) is 24.3 Å². The molecule has 8 nitrogen and oxygen atoms in total. The van der Waals surface area contributed by atoms with Gasteiger partial charge in [0.25, 0.3) is 5.91 Å². The molecule has 0 radical (unpaired) electrons. The summed E-state index contributed by atoms with van der Waals surface area (Å²) < 4.78 is 5.62. The molecule has 1 spiro atoms. The Balaban J connectivity index is 1.38. The zero-order valence-electron chi connectivity index (χ0n) is 21.8. The Kier molecular flexibility index (Phi) is 7.13. The molecule has 2 atom stereocenters. The van der Waals surface area contributed by atoms with Crippen LogP contribution in [-0.4, -0.2) is 76.2 Å². The number of benzene rings is 1. The molecule has 35 heavy (non-hydrogen) atoms. The number of likely N-dealkylation sites (tertiary alicyclic amines) is 1. The van der Waals surface area contributed by atoms with Crippen LogP contribution >= 0.6 is 0 Å². The maximum absolute atomic E-state index is 13.5. The van der Waals surface area contributed by atoms with E-state index in [1.165, 1.54) is 10.5 Å². The molecule has 2 aliphatic heterocycles. The predicted molar refractivity (Wildman–Crippen MR) is 134 cm³/mol. The highest BCUT2D eigenvalue weighted by molar-refractivity contribution is 6.07. The van der Waals surface area contributed by atoms with Crippen LogP contribution in [0.4, 0.5) is 9.59 Å². The Labute approximate surface area is 209 Å². The van der Waals surface area contributed by atoms with Crippen molar-refractivity contribution in [2.45, 2.75) is 83.9 Å². The van der Waals surface area contributed by atoms with Crippen LogP contribution in [0, 0.1) is 5.92 Å². The maximum Gasteiger partial charge on any atom is 0.410 e. The van der Waals surface area contributed by atoms with E-state index in [1.807, 2.05) is 46.8 Å². The molecule has 0 saturated carbocycles. The topological polar surface area (TPSA) is 82.2 Å². The summed E-state index contributed by atoms with van der Waals surface area (Å²) >= 11 is 0. The van der Waals surface area contributed by atoms with Gasteiger partial charge in [-0.15, -0.1) is 0 Å². The van der Waals surface area contributed by atoms with Crippen molar-refractivity contribution in [1.82, 2.24) is 20.0 Å². The summed E-state index contributed by atoms with van der Waals surface area (Å²) in [5.74, 6) is 0.145. The van der Waals surface area contributed by atoms with Gasteiger partial charge in [0.1, 0.15) is 11.1 Å². The molecule has 0 bridgehead atoms. The molecule has 2 heterocycles. The quantitative estimate of drug-likeness (QED) is 0.643. The van der Waals surface area contributed by atoms with Crippen molar-refractivity contribution in [1.29, 1.82) is 0 Å². The summed E-state index contributed by atoms with van der Waals surface area (Å²) in [6, 6.07) is 7.90. The zero-order chi connectivity index (χ0) is 25.4. The van der Waals surface area contributed by atoms with Crippen molar-refractivity contribution in [2.24, 2.45) is 5.92 Å². The number of rotatable bonds is 5. The van der Waals surface area contributed by atoms with Crippen LogP contribution in [0.2, 0.25) is 0 Å². The number of nitrogens with one attached hydrogen (secondary N) is 1. The number of fused-ring (bicyclic) bond motifs is 1. The molecule has 2 saturated heterocycles. The number of aryl methyl sites for hydroxylation is 1. The Morgan fingerprint density at radius 3 is 2.63 bits per heavy atom. The lowest BCUT2D eigenvalue weighted by Crippen LogP contribution is -2.52. The van der Waals surface area contributed by atoms with Gasteiger partial charge in [0, 0.05) is 25.6 Å². The third kappa shape index (κ3) is 5.63. The van der Waals surface area contributed by atoms with Gasteiger partial charge in [-0.2, -0.15) is 0 Å². The summed E-state index contributed by atoms with van der Waals surface area (Å²) in [5.41, 5.74) is 1.04. The number of urea groups is 1. The fourth-order valence-electron chi connectivity index (χ4n) is 5.55. The normalized spacial score (nSPS) is 25.1. The number of nitrogens with zero attached hydrogens (tertiary/aromatic N) is 3. The zero-order valence-corrected chi connectivity index (χ0v) is 21.8. The van der Waals surface area contributed by atoms with Crippen LogP contribution in [0.25, 0.3) is 0 Å². The molecular weight excluding hydrogens is 444 g/mol. The van der Waals surface area contributed by atoms with Crippen molar-refractivity contribution in [3.05, 3.63) is 35.4 Å². The van der Waals surface area contributed by atoms with Gasteiger partial charge in [0.2, 0.25) is 0 Å². The lowest BCUT2D eigenvalue weighted by Gasteiger charge is -2.38. The molecule has 3 aliphatic rings. The molecule has 1 N–H and O–H groups in total. The molecule has 2 fully saturated rings. The minimum absolute atomic E-state index is 0.0280. The molecule has 4 amide bonds. The molecule has 1 aromatic carbocycles. The smallest absolute Gasteiger partial charge is 0.410 e. The number of ether oxygens (including phenoxy) is 1. The largest absolute Gasteiger partial charge is 0.444 e. The Morgan fingerprint density at radius 2 is 1.94 bits per heavy atom. The summed E-state index contributed by atoms with van der Waals surface area (Å²) in [6.45, 7) is 12.1. The van der Waals surface area contributed by atoms with Crippen LogP contribution in [0.5, 0.6) is 0 Å². The van der Waals surface area contributed by atoms with Gasteiger partial charge in [-0.05, 0) is 83.9 Å². The first-order chi connectivity index (χ1) is 16.5. The second-order valence-electron chi connectivity index (χ2n) is 11.6. The number of hydrogen-bond acceptors (Lipinski definition) is 5. The first-order valence-electron chi connectivity index (χ1n) is 12.9. The summed E-state index contributed by atoms with van der Waals surface area (Å²) in [7, 11) is 0. The van der Waals surface area contributed by atoms with E-state index >= 15 is 0 Å². The van der Waals surface area contributed by atoms with E-state index in [-0.39, 0.29) is 30.0 Å². The standard InChI is InChI=1S/C27H40N4O4/c1-19(2)30(25(34)35-26(3,4)5)17-20-9-8-14-29(16-20)18-31-23(32)27(28-24(31)33)13-12-21-10-6-7-11-22(21)15-27/h6-7,10-11,19-20H,8-9,12-18H2,1-5H3,(H,28,33). The molecule has 0 aromatic heterocycles. The van der Waals surface area contributed by atoms with E-state index in [2.05, 4.69) is 22.3 Å². The second-order valence-corrected chi connectivity index (χ2v) is 11.6. The van der Waals surface area contributed by atoms with Gasteiger partial charge < -0.3 is 15.0 Å². The van der Waals surface area contributed by atoms with Crippen molar-refractivity contribution < 1.29 is 19.1 Å². The first kappa shape index (κ1) is 25.5. The highest BCUT2D eigenvalue weighted by Gasteiger charge is 2.52. The molecule has 2 unspecified atom stereocenters. The van der Waals surface area contributed by atoms with E-state index in [0.717, 1.165) is 37.9 Å². The second kappa shape index (κ2) is 9.80. The number of carbonyl (C=O) groups is 3. The van der Waals surface area contributed by atoms with E-state index in [1.54, 1.807) is 4.90 Å². The van der Waals surface area contributed by atoms with E-state index in [9.17, 15) is 14.4 Å². The molecule has 1 aliphatic carbocycles. The average molecular weight is 485 g/mol. The average Bonchev–Trinajstić information content (AvgIpc) is 3.00. The molecule has 192 valence electrons. The van der Waals surface area contributed by atoms with Crippen LogP contribution in [0.3, 0.4) is 0 Å². The highest BCUT2D eigenvalue weighted by Crippen LogP contribution is 2.34. The molecule has 1 aromatic rings. The van der Waals surface area contributed by atoms with E-state index in [0.29, 0.717) is 26.1 Å². The van der Waals surface area contributed by atoms with Gasteiger partial charge in [-0.3, -0.25) is 9.69 Å². The summed E-state index contributed by atoms with van der Waals surface area (Å²) in [5, 5.41) is 3.04. The first-order valence-corrected chi connectivity index (χ1v) is 12.9. The Hall–Kier alpha value is -2.61. The molecule has 8 heteroatoms. The van der Waals surface area contributed by atoms with Crippen molar-refractivity contribution in [2.75, 3.05) is 26.3 Å². The molecule has 4 rings (SSSR count). The van der Waals surface area contributed by atoms with Crippen LogP contribution in [0.1, 0.15) is 65.0 Å². The summed E-state index contributed by atoms with van der Waals surface area (Å²) in [6.07, 6.45) is 3.64. The van der Waals surface area contributed by atoms with Crippen LogP contribution in [-0.2, 0) is 22.4 Å². The van der Waals surface area contributed by atoms with E-state index < -0.39 is 11.1 Å². The molecular formula is C27H40N4O4. The third-order valence-electron chi connectivity index (χ3n) is 7.33. The number of amides is 4. The number of carbonyl (C=O) groups excluding carboxylic acids is 3. The lowest BCUT2D eigenvalue weighted by atomic mass is 9.78. The maximum atomic E-state index is 13.5. The van der Waals surface area contributed by atoms with Crippen molar-refractivity contribution >= 4 is 18.0 Å². The lowest BCUT2D eigenvalue weighted by molar-refractivity contribution is -0.133. The van der Waals surface area contributed by atoms with Gasteiger partial charge in [-0.25, -0.2) is 14.5 Å². The summed E-state index contributed by atoms with van der Waals surface area (Å²) in [4.78, 5) is 44.5.